The number of benzene rings is 2. The summed E-state index contributed by atoms with van der Waals surface area (Å²) in [7, 11) is 3.27. The molecule has 196 valence electrons. The van der Waals surface area contributed by atoms with E-state index in [9.17, 15) is 4.79 Å². The fourth-order valence-electron chi connectivity index (χ4n) is 4.17. The fraction of sp³-hybridized carbons (Fsp3) is 0.250. The van der Waals surface area contributed by atoms with Crippen LogP contribution in [-0.2, 0) is 26.2 Å². The van der Waals surface area contributed by atoms with Crippen LogP contribution in [0.15, 0.2) is 71.6 Å². The Morgan fingerprint density at radius 2 is 1.89 bits per heavy atom. The number of carbonyl (C=O) groups excluding carboxylic acids is 1. The molecule has 4 aromatic rings. The van der Waals surface area contributed by atoms with Crippen LogP contribution in [0.4, 0.5) is 0 Å². The lowest BCUT2D eigenvalue weighted by molar-refractivity contribution is 0.0945. The molecule has 10 heteroatoms. The maximum Gasteiger partial charge on any atom is 0.273 e. The second-order valence-corrected chi connectivity index (χ2v) is 8.68. The summed E-state index contributed by atoms with van der Waals surface area (Å²) in [6, 6.07) is 15.2. The molecule has 1 aliphatic rings. The van der Waals surface area contributed by atoms with Crippen LogP contribution >= 0.6 is 0 Å². The first kappa shape index (κ1) is 25.1. The van der Waals surface area contributed by atoms with E-state index in [2.05, 4.69) is 20.2 Å². The molecule has 1 N–H and O–H groups in total. The lowest BCUT2D eigenvalue weighted by Gasteiger charge is -2.22. The summed E-state index contributed by atoms with van der Waals surface area (Å²) in [5.41, 5.74) is 3.07. The van der Waals surface area contributed by atoms with Crippen LogP contribution in [0.2, 0.25) is 0 Å². The van der Waals surface area contributed by atoms with E-state index in [-0.39, 0.29) is 18.4 Å². The highest BCUT2D eigenvalue weighted by molar-refractivity contribution is 5.91. The molecule has 0 atom stereocenters. The van der Waals surface area contributed by atoms with Crippen molar-refractivity contribution in [2.24, 2.45) is 0 Å². The predicted octanol–water partition coefficient (Wildman–Crippen LogP) is 3.95. The molecule has 1 aliphatic heterocycles. The second kappa shape index (κ2) is 11.7. The van der Waals surface area contributed by atoms with Crippen molar-refractivity contribution in [1.82, 2.24) is 20.2 Å². The third-order valence-corrected chi connectivity index (χ3v) is 6.04. The van der Waals surface area contributed by atoms with Gasteiger partial charge in [0.15, 0.2) is 17.2 Å². The van der Waals surface area contributed by atoms with Crippen LogP contribution < -0.4 is 24.3 Å². The van der Waals surface area contributed by atoms with Gasteiger partial charge in [-0.15, -0.1) is 0 Å². The smallest absolute Gasteiger partial charge is 0.273 e. The number of oxazole rings is 1. The van der Waals surface area contributed by atoms with Gasteiger partial charge in [-0.05, 0) is 47.5 Å². The van der Waals surface area contributed by atoms with Gasteiger partial charge in [0.1, 0.15) is 17.8 Å². The largest absolute Gasteiger partial charge is 0.497 e. The Labute approximate surface area is 220 Å². The first-order valence-electron chi connectivity index (χ1n) is 12.0. The zero-order valence-electron chi connectivity index (χ0n) is 21.2. The predicted molar refractivity (Wildman–Crippen MR) is 137 cm³/mol. The normalized spacial score (nSPS) is 12.0. The fourth-order valence-corrected chi connectivity index (χ4v) is 4.17. The number of hydrogen-bond acceptors (Lipinski definition) is 9. The number of aromatic nitrogens is 2. The number of pyridine rings is 1. The molecule has 1 amide bonds. The Morgan fingerprint density at radius 1 is 1.00 bits per heavy atom. The third-order valence-electron chi connectivity index (χ3n) is 6.04. The molecule has 0 bridgehead atoms. The van der Waals surface area contributed by atoms with Crippen molar-refractivity contribution in [2.45, 2.75) is 26.2 Å². The number of fused-ring (bicyclic) bond motifs is 1. The number of hydrogen-bond donors (Lipinski definition) is 1. The van der Waals surface area contributed by atoms with E-state index in [1.807, 2.05) is 48.5 Å². The average Bonchev–Trinajstić information content (AvgIpc) is 3.61. The molecule has 38 heavy (non-hydrogen) atoms. The van der Waals surface area contributed by atoms with Crippen LogP contribution in [0, 0.1) is 0 Å². The third kappa shape index (κ3) is 6.04. The Bertz CT molecular complexity index is 1390. The highest BCUT2D eigenvalue weighted by Crippen LogP contribution is 2.33. The van der Waals surface area contributed by atoms with Crippen LogP contribution in [0.3, 0.4) is 0 Å². The van der Waals surface area contributed by atoms with Gasteiger partial charge in [-0.25, -0.2) is 4.98 Å². The quantitative estimate of drug-likeness (QED) is 0.317. The summed E-state index contributed by atoms with van der Waals surface area (Å²) in [5, 5.41) is 2.84. The van der Waals surface area contributed by atoms with Crippen LogP contribution in [0.1, 0.15) is 33.1 Å². The number of nitrogens with zero attached hydrogens (tertiary/aromatic N) is 3. The van der Waals surface area contributed by atoms with Gasteiger partial charge in [-0.1, -0.05) is 12.1 Å². The number of methoxy groups -OCH3 is 2. The summed E-state index contributed by atoms with van der Waals surface area (Å²) in [6.07, 6.45) is 4.76. The molecule has 0 fully saturated rings. The monoisotopic (exact) mass is 516 g/mol. The Kier molecular flexibility index (Phi) is 7.70. The van der Waals surface area contributed by atoms with E-state index in [1.54, 1.807) is 26.6 Å². The minimum Gasteiger partial charge on any atom is -0.497 e. The van der Waals surface area contributed by atoms with Crippen molar-refractivity contribution in [3.63, 3.8) is 0 Å². The zero-order valence-corrected chi connectivity index (χ0v) is 21.2. The summed E-state index contributed by atoms with van der Waals surface area (Å²) < 4.78 is 27.7. The van der Waals surface area contributed by atoms with Crippen molar-refractivity contribution in [1.29, 1.82) is 0 Å². The van der Waals surface area contributed by atoms with E-state index in [0.29, 0.717) is 37.8 Å². The Morgan fingerprint density at radius 3 is 2.71 bits per heavy atom. The first-order valence-corrected chi connectivity index (χ1v) is 12.0. The number of carbonyl (C=O) groups is 1. The van der Waals surface area contributed by atoms with Crippen molar-refractivity contribution in [3.8, 4) is 23.0 Å². The van der Waals surface area contributed by atoms with Gasteiger partial charge in [0.2, 0.25) is 12.7 Å². The SMILES string of the molecule is COc1ccc(OC)c(CN(Cc2ccc3c(c2)OCO3)Cc2nc(C(=O)NCc3cccnc3)co2)c1. The number of rotatable bonds is 11. The van der Waals surface area contributed by atoms with Crippen molar-refractivity contribution in [3.05, 3.63) is 95.5 Å². The van der Waals surface area contributed by atoms with Crippen molar-refractivity contribution < 1.29 is 28.2 Å². The van der Waals surface area contributed by atoms with Gasteiger partial charge in [-0.2, -0.15) is 0 Å². The van der Waals surface area contributed by atoms with Gasteiger partial charge in [0.05, 0.1) is 20.8 Å². The van der Waals surface area contributed by atoms with Crippen molar-refractivity contribution in [2.75, 3.05) is 21.0 Å². The molecule has 2 aromatic carbocycles. The molecule has 10 nitrogen and oxygen atoms in total. The van der Waals surface area contributed by atoms with Crippen LogP contribution in [-0.4, -0.2) is 41.8 Å². The summed E-state index contributed by atoms with van der Waals surface area (Å²) >= 11 is 0. The maximum absolute atomic E-state index is 12.6. The van der Waals surface area contributed by atoms with E-state index in [4.69, 9.17) is 23.4 Å². The molecule has 0 radical (unpaired) electrons. The molecular formula is C28H28N4O6. The molecule has 0 aliphatic carbocycles. The molecule has 5 rings (SSSR count). The van der Waals surface area contributed by atoms with Gasteiger partial charge in [0, 0.05) is 37.6 Å². The van der Waals surface area contributed by atoms with Crippen LogP contribution in [0.25, 0.3) is 0 Å². The molecule has 0 saturated heterocycles. The van der Waals surface area contributed by atoms with E-state index < -0.39 is 0 Å². The standard InChI is InChI=1S/C28H28N4O6/c1-34-22-6-8-24(35-2)21(11-22)15-32(14-19-5-7-25-26(10-19)38-18-37-25)16-27-31-23(17-36-27)28(33)30-13-20-4-3-9-29-12-20/h3-12,17H,13-16,18H2,1-2H3,(H,30,33). The molecular weight excluding hydrogens is 488 g/mol. The Balaban J connectivity index is 1.33. The molecule has 0 saturated carbocycles. The van der Waals surface area contributed by atoms with E-state index in [0.717, 1.165) is 33.9 Å². The van der Waals surface area contributed by atoms with Gasteiger partial charge in [-0.3, -0.25) is 14.7 Å². The minimum atomic E-state index is -0.319. The summed E-state index contributed by atoms with van der Waals surface area (Å²) in [6.45, 7) is 1.98. The molecule has 0 unspecified atom stereocenters. The lowest BCUT2D eigenvalue weighted by Crippen LogP contribution is -2.24. The van der Waals surface area contributed by atoms with E-state index >= 15 is 0 Å². The first-order chi connectivity index (χ1) is 18.6. The number of ether oxygens (including phenoxy) is 4. The molecule has 3 heterocycles. The molecule has 2 aromatic heterocycles. The maximum atomic E-state index is 12.6. The lowest BCUT2D eigenvalue weighted by atomic mass is 10.1. The van der Waals surface area contributed by atoms with E-state index in [1.165, 1.54) is 6.26 Å². The topological polar surface area (TPSA) is 108 Å². The highest BCUT2D eigenvalue weighted by atomic mass is 16.7. The summed E-state index contributed by atoms with van der Waals surface area (Å²) in [5.74, 6) is 3.01. The van der Waals surface area contributed by atoms with Gasteiger partial charge < -0.3 is 28.7 Å². The number of nitrogens with one attached hydrogen (secondary N) is 1. The van der Waals surface area contributed by atoms with Crippen LogP contribution in [0.5, 0.6) is 23.0 Å². The van der Waals surface area contributed by atoms with Crippen molar-refractivity contribution >= 4 is 5.91 Å². The second-order valence-electron chi connectivity index (χ2n) is 8.68. The zero-order chi connectivity index (χ0) is 26.3. The summed E-state index contributed by atoms with van der Waals surface area (Å²) in [4.78, 5) is 23.3. The van der Waals surface area contributed by atoms with Gasteiger partial charge in [0.25, 0.3) is 5.91 Å². The molecule has 0 spiro atoms. The highest BCUT2D eigenvalue weighted by Gasteiger charge is 2.19. The average molecular weight is 517 g/mol. The minimum absolute atomic E-state index is 0.214. The van der Waals surface area contributed by atoms with Gasteiger partial charge >= 0.3 is 0 Å². The number of amides is 1. The Hall–Kier alpha value is -4.57.